The van der Waals surface area contributed by atoms with E-state index in [1.54, 1.807) is 0 Å². The second-order valence-corrected chi connectivity index (χ2v) is 4.87. The van der Waals surface area contributed by atoms with E-state index in [2.05, 4.69) is 25.2 Å². The van der Waals surface area contributed by atoms with Gasteiger partial charge in [0, 0.05) is 18.2 Å². The molecule has 2 nitrogen and oxygen atoms in total. The maximum atomic E-state index is 5.91. The molecule has 1 aromatic rings. The van der Waals surface area contributed by atoms with E-state index in [9.17, 15) is 0 Å². The van der Waals surface area contributed by atoms with Crippen molar-refractivity contribution < 1.29 is 4.74 Å². The lowest BCUT2D eigenvalue weighted by molar-refractivity contribution is 0.0760. The number of halogens is 1. The van der Waals surface area contributed by atoms with E-state index < -0.39 is 0 Å². The molecular weight excluding hydrogens is 234 g/mol. The Morgan fingerprint density at radius 3 is 2.82 bits per heavy atom. The first-order valence-corrected chi connectivity index (χ1v) is 6.63. The largest absolute Gasteiger partial charge is 0.379 e. The molecule has 1 rings (SSSR count). The van der Waals surface area contributed by atoms with Crippen molar-refractivity contribution in [2.45, 2.75) is 39.3 Å². The number of rotatable bonds is 8. The average molecular weight is 256 g/mol. The molecule has 0 atom stereocenters. The van der Waals surface area contributed by atoms with Crippen LogP contribution in [-0.2, 0) is 11.3 Å². The summed E-state index contributed by atoms with van der Waals surface area (Å²) in [6, 6.07) is 7.96. The Kier molecular flexibility index (Phi) is 7.25. The van der Waals surface area contributed by atoms with Crippen LogP contribution < -0.4 is 5.32 Å². The first-order chi connectivity index (χ1) is 8.18. The summed E-state index contributed by atoms with van der Waals surface area (Å²) in [5.41, 5.74) is 1.23. The van der Waals surface area contributed by atoms with E-state index >= 15 is 0 Å². The van der Waals surface area contributed by atoms with Gasteiger partial charge in [0.05, 0.1) is 6.10 Å². The molecule has 0 bridgehead atoms. The van der Waals surface area contributed by atoms with Gasteiger partial charge in [-0.15, -0.1) is 0 Å². The normalized spacial score (nSPS) is 11.1. The summed E-state index contributed by atoms with van der Waals surface area (Å²) in [6.07, 6.45) is 2.60. The van der Waals surface area contributed by atoms with E-state index in [1.807, 2.05) is 18.2 Å². The molecule has 0 saturated heterocycles. The van der Waals surface area contributed by atoms with Crippen molar-refractivity contribution in [1.29, 1.82) is 0 Å². The van der Waals surface area contributed by atoms with Crippen molar-refractivity contribution >= 4 is 11.6 Å². The van der Waals surface area contributed by atoms with Gasteiger partial charge in [-0.2, -0.15) is 0 Å². The minimum Gasteiger partial charge on any atom is -0.379 e. The molecule has 0 unspecified atom stereocenters. The number of unbranched alkanes of at least 4 members (excludes halogenated alkanes) is 1. The van der Waals surface area contributed by atoms with Crippen molar-refractivity contribution in [2.24, 2.45) is 0 Å². The topological polar surface area (TPSA) is 21.3 Å². The SMILES string of the molecule is CC(C)OCCCCNCc1cccc(Cl)c1. The third-order valence-corrected chi connectivity index (χ3v) is 2.65. The van der Waals surface area contributed by atoms with Crippen LogP contribution in [0.1, 0.15) is 32.3 Å². The molecule has 0 radical (unpaired) electrons. The molecule has 0 amide bonds. The fourth-order valence-electron chi connectivity index (χ4n) is 1.55. The minimum absolute atomic E-state index is 0.342. The summed E-state index contributed by atoms with van der Waals surface area (Å²) in [5.74, 6) is 0. The van der Waals surface area contributed by atoms with Crippen molar-refractivity contribution in [2.75, 3.05) is 13.2 Å². The maximum absolute atomic E-state index is 5.91. The summed E-state index contributed by atoms with van der Waals surface area (Å²) in [5, 5.41) is 4.20. The first-order valence-electron chi connectivity index (χ1n) is 6.25. The highest BCUT2D eigenvalue weighted by Gasteiger charge is 1.95. The van der Waals surface area contributed by atoms with Crippen LogP contribution in [0.4, 0.5) is 0 Å². The van der Waals surface area contributed by atoms with Crippen LogP contribution in [0.5, 0.6) is 0 Å². The molecule has 0 aliphatic carbocycles. The van der Waals surface area contributed by atoms with Gasteiger partial charge < -0.3 is 10.1 Å². The maximum Gasteiger partial charge on any atom is 0.0518 e. The Morgan fingerprint density at radius 1 is 1.29 bits per heavy atom. The van der Waals surface area contributed by atoms with Gasteiger partial charge in [-0.3, -0.25) is 0 Å². The zero-order chi connectivity index (χ0) is 12.5. The Morgan fingerprint density at radius 2 is 2.12 bits per heavy atom. The van der Waals surface area contributed by atoms with Gasteiger partial charge in [-0.25, -0.2) is 0 Å². The lowest BCUT2D eigenvalue weighted by atomic mass is 10.2. The van der Waals surface area contributed by atoms with E-state index in [-0.39, 0.29) is 0 Å². The van der Waals surface area contributed by atoms with Crippen LogP contribution in [0.15, 0.2) is 24.3 Å². The molecule has 17 heavy (non-hydrogen) atoms. The predicted octanol–water partition coefficient (Wildman–Crippen LogP) is 3.63. The number of hydrogen-bond donors (Lipinski definition) is 1. The Balaban J connectivity index is 2.01. The van der Waals surface area contributed by atoms with Crippen LogP contribution >= 0.6 is 11.6 Å². The van der Waals surface area contributed by atoms with Gasteiger partial charge in [-0.05, 0) is 50.9 Å². The monoisotopic (exact) mass is 255 g/mol. The standard InChI is InChI=1S/C14H22ClNO/c1-12(2)17-9-4-3-8-16-11-13-6-5-7-14(15)10-13/h5-7,10,12,16H,3-4,8-9,11H2,1-2H3. The average Bonchev–Trinajstić information content (AvgIpc) is 2.27. The van der Waals surface area contributed by atoms with E-state index in [4.69, 9.17) is 16.3 Å². The van der Waals surface area contributed by atoms with E-state index in [0.717, 1.165) is 37.6 Å². The number of benzene rings is 1. The van der Waals surface area contributed by atoms with Crippen molar-refractivity contribution in [1.82, 2.24) is 5.32 Å². The Hall–Kier alpha value is -0.570. The second-order valence-electron chi connectivity index (χ2n) is 4.43. The fraction of sp³-hybridized carbons (Fsp3) is 0.571. The molecule has 0 spiro atoms. The highest BCUT2D eigenvalue weighted by molar-refractivity contribution is 6.30. The summed E-state index contributed by atoms with van der Waals surface area (Å²) >= 11 is 5.91. The lowest BCUT2D eigenvalue weighted by Crippen LogP contribution is -2.15. The number of ether oxygens (including phenoxy) is 1. The van der Waals surface area contributed by atoms with Crippen LogP contribution in [0.2, 0.25) is 5.02 Å². The molecule has 0 aliphatic heterocycles. The summed E-state index contributed by atoms with van der Waals surface area (Å²) < 4.78 is 5.48. The second kappa shape index (κ2) is 8.51. The Bertz CT molecular complexity index is 315. The predicted molar refractivity (Wildman–Crippen MR) is 73.5 cm³/mol. The lowest BCUT2D eigenvalue weighted by Gasteiger charge is -2.08. The molecule has 0 fully saturated rings. The highest BCUT2D eigenvalue weighted by Crippen LogP contribution is 2.10. The van der Waals surface area contributed by atoms with E-state index in [0.29, 0.717) is 6.10 Å². The van der Waals surface area contributed by atoms with Gasteiger partial charge in [0.1, 0.15) is 0 Å². The van der Waals surface area contributed by atoms with Gasteiger partial charge in [-0.1, -0.05) is 23.7 Å². The zero-order valence-electron chi connectivity index (χ0n) is 10.7. The summed E-state index contributed by atoms with van der Waals surface area (Å²) in [7, 11) is 0. The molecular formula is C14H22ClNO. The van der Waals surface area contributed by atoms with Crippen LogP contribution in [0, 0.1) is 0 Å². The molecule has 96 valence electrons. The summed E-state index contributed by atoms with van der Waals surface area (Å²) in [6.45, 7) is 6.89. The summed E-state index contributed by atoms with van der Waals surface area (Å²) in [4.78, 5) is 0. The zero-order valence-corrected chi connectivity index (χ0v) is 11.5. The van der Waals surface area contributed by atoms with Gasteiger partial charge in [0.2, 0.25) is 0 Å². The van der Waals surface area contributed by atoms with Crippen molar-refractivity contribution in [3.05, 3.63) is 34.9 Å². The van der Waals surface area contributed by atoms with Crippen LogP contribution in [0.3, 0.4) is 0 Å². The molecule has 0 saturated carbocycles. The molecule has 0 aromatic heterocycles. The van der Waals surface area contributed by atoms with Crippen LogP contribution in [0.25, 0.3) is 0 Å². The van der Waals surface area contributed by atoms with Crippen molar-refractivity contribution in [3.8, 4) is 0 Å². The van der Waals surface area contributed by atoms with Gasteiger partial charge in [0.25, 0.3) is 0 Å². The molecule has 0 aliphatic rings. The minimum atomic E-state index is 0.342. The van der Waals surface area contributed by atoms with Crippen LogP contribution in [-0.4, -0.2) is 19.3 Å². The third-order valence-electron chi connectivity index (χ3n) is 2.42. The molecule has 1 aromatic carbocycles. The van der Waals surface area contributed by atoms with E-state index in [1.165, 1.54) is 5.56 Å². The Labute approximate surface area is 109 Å². The van der Waals surface area contributed by atoms with Gasteiger partial charge in [0.15, 0.2) is 0 Å². The van der Waals surface area contributed by atoms with Gasteiger partial charge >= 0.3 is 0 Å². The van der Waals surface area contributed by atoms with Crippen molar-refractivity contribution in [3.63, 3.8) is 0 Å². The first kappa shape index (κ1) is 14.5. The third kappa shape index (κ3) is 7.37. The number of nitrogens with one attached hydrogen (secondary N) is 1. The smallest absolute Gasteiger partial charge is 0.0518 e. The highest BCUT2D eigenvalue weighted by atomic mass is 35.5. The molecule has 1 N–H and O–H groups in total. The molecule has 0 heterocycles. The number of hydrogen-bond acceptors (Lipinski definition) is 2. The quantitative estimate of drug-likeness (QED) is 0.717. The molecule has 3 heteroatoms. The fourth-order valence-corrected chi connectivity index (χ4v) is 1.76.